The molecular formula is C14H9ClN2. The molecule has 0 saturated carbocycles. The van der Waals surface area contributed by atoms with Crippen molar-refractivity contribution in [3.63, 3.8) is 0 Å². The predicted molar refractivity (Wildman–Crippen MR) is 70.0 cm³/mol. The van der Waals surface area contributed by atoms with E-state index in [9.17, 15) is 0 Å². The topological polar surface area (TPSA) is 25.8 Å². The van der Waals surface area contributed by atoms with Crippen molar-refractivity contribution in [3.05, 3.63) is 59.9 Å². The molecule has 0 fully saturated rings. The Hall–Kier alpha value is -1.93. The van der Waals surface area contributed by atoms with E-state index in [0.29, 0.717) is 5.02 Å². The van der Waals surface area contributed by atoms with Gasteiger partial charge in [-0.25, -0.2) is 4.98 Å². The van der Waals surface area contributed by atoms with E-state index in [4.69, 9.17) is 11.6 Å². The van der Waals surface area contributed by atoms with Gasteiger partial charge in [0.1, 0.15) is 0 Å². The van der Waals surface area contributed by atoms with Crippen molar-refractivity contribution in [2.24, 2.45) is 0 Å². The number of pyridine rings is 2. The fourth-order valence-corrected chi connectivity index (χ4v) is 1.93. The van der Waals surface area contributed by atoms with E-state index in [2.05, 4.69) is 9.97 Å². The molecule has 3 rings (SSSR count). The third kappa shape index (κ3) is 1.99. The van der Waals surface area contributed by atoms with E-state index in [1.165, 1.54) is 0 Å². The predicted octanol–water partition coefficient (Wildman–Crippen LogP) is 3.95. The third-order valence-electron chi connectivity index (χ3n) is 2.61. The molecule has 0 amide bonds. The first-order valence-electron chi connectivity index (χ1n) is 5.30. The molecule has 2 heterocycles. The molecule has 17 heavy (non-hydrogen) atoms. The summed E-state index contributed by atoms with van der Waals surface area (Å²) in [5.74, 6) is 0. The first-order valence-corrected chi connectivity index (χ1v) is 5.67. The number of aromatic nitrogens is 2. The lowest BCUT2D eigenvalue weighted by atomic mass is 10.1. The Bertz CT molecular complexity index is 665. The highest BCUT2D eigenvalue weighted by atomic mass is 35.5. The van der Waals surface area contributed by atoms with Gasteiger partial charge in [0.15, 0.2) is 0 Å². The van der Waals surface area contributed by atoms with Gasteiger partial charge in [0, 0.05) is 28.4 Å². The number of rotatable bonds is 1. The molecule has 3 aromatic rings. The van der Waals surface area contributed by atoms with Crippen LogP contribution in [-0.2, 0) is 0 Å². The Morgan fingerprint density at radius 1 is 1.00 bits per heavy atom. The molecule has 0 aliphatic rings. The lowest BCUT2D eigenvalue weighted by molar-refractivity contribution is 1.30. The van der Waals surface area contributed by atoms with Gasteiger partial charge in [-0.15, -0.1) is 0 Å². The Labute approximate surface area is 104 Å². The zero-order chi connectivity index (χ0) is 11.7. The van der Waals surface area contributed by atoms with Crippen molar-refractivity contribution in [3.8, 4) is 11.3 Å². The fourth-order valence-electron chi connectivity index (χ4n) is 1.77. The Morgan fingerprint density at radius 3 is 2.71 bits per heavy atom. The first-order chi connectivity index (χ1) is 8.33. The highest BCUT2D eigenvalue weighted by molar-refractivity contribution is 6.31. The lowest BCUT2D eigenvalue weighted by Gasteiger charge is -2.03. The quantitative estimate of drug-likeness (QED) is 0.644. The van der Waals surface area contributed by atoms with Crippen molar-refractivity contribution < 1.29 is 0 Å². The molecular weight excluding hydrogens is 232 g/mol. The van der Waals surface area contributed by atoms with E-state index >= 15 is 0 Å². The van der Waals surface area contributed by atoms with Crippen molar-refractivity contribution in [1.29, 1.82) is 0 Å². The molecule has 1 aromatic carbocycles. The number of nitrogens with zero attached hydrogens (tertiary/aromatic N) is 2. The molecule has 0 bridgehead atoms. The Morgan fingerprint density at radius 2 is 1.88 bits per heavy atom. The highest BCUT2D eigenvalue weighted by Gasteiger charge is 2.01. The molecule has 3 heteroatoms. The maximum Gasteiger partial charge on any atom is 0.0725 e. The summed E-state index contributed by atoms with van der Waals surface area (Å²) in [6.45, 7) is 0. The van der Waals surface area contributed by atoms with Gasteiger partial charge in [0.2, 0.25) is 0 Å². The second-order valence-electron chi connectivity index (χ2n) is 3.78. The van der Waals surface area contributed by atoms with Crippen LogP contribution in [0.25, 0.3) is 22.2 Å². The molecule has 0 spiro atoms. The van der Waals surface area contributed by atoms with Crippen molar-refractivity contribution in [2.45, 2.75) is 0 Å². The third-order valence-corrected chi connectivity index (χ3v) is 2.85. The second kappa shape index (κ2) is 4.15. The summed E-state index contributed by atoms with van der Waals surface area (Å²) in [6, 6.07) is 13.6. The molecule has 0 unspecified atom stereocenters. The van der Waals surface area contributed by atoms with E-state index in [1.54, 1.807) is 12.4 Å². The average Bonchev–Trinajstić information content (AvgIpc) is 2.39. The number of hydrogen-bond acceptors (Lipinski definition) is 2. The summed E-state index contributed by atoms with van der Waals surface area (Å²) < 4.78 is 0. The van der Waals surface area contributed by atoms with Crippen LogP contribution >= 0.6 is 11.6 Å². The number of benzene rings is 1. The van der Waals surface area contributed by atoms with Crippen LogP contribution in [0.15, 0.2) is 54.9 Å². The maximum atomic E-state index is 5.96. The van der Waals surface area contributed by atoms with Crippen LogP contribution in [0.3, 0.4) is 0 Å². The van der Waals surface area contributed by atoms with Crippen molar-refractivity contribution in [2.75, 3.05) is 0 Å². The normalized spacial score (nSPS) is 10.6. The van der Waals surface area contributed by atoms with Gasteiger partial charge < -0.3 is 0 Å². The van der Waals surface area contributed by atoms with Crippen LogP contribution in [0.2, 0.25) is 5.02 Å². The van der Waals surface area contributed by atoms with Gasteiger partial charge in [-0.05, 0) is 30.3 Å². The zero-order valence-corrected chi connectivity index (χ0v) is 9.72. The van der Waals surface area contributed by atoms with E-state index in [-0.39, 0.29) is 0 Å². The van der Waals surface area contributed by atoms with Crippen LogP contribution in [-0.4, -0.2) is 9.97 Å². The smallest absolute Gasteiger partial charge is 0.0725 e. The molecule has 0 atom stereocenters. The van der Waals surface area contributed by atoms with Crippen molar-refractivity contribution in [1.82, 2.24) is 9.97 Å². The molecule has 0 aliphatic carbocycles. The van der Waals surface area contributed by atoms with E-state index in [0.717, 1.165) is 22.2 Å². The van der Waals surface area contributed by atoms with Gasteiger partial charge in [-0.2, -0.15) is 0 Å². The minimum absolute atomic E-state index is 0.702. The molecule has 2 nitrogen and oxygen atoms in total. The standard InChI is InChI=1S/C14H9ClN2/c15-12-5-3-10-4-6-13(17-14(10)8-12)11-2-1-7-16-9-11/h1-9H. The van der Waals surface area contributed by atoms with Gasteiger partial charge in [0.25, 0.3) is 0 Å². The van der Waals surface area contributed by atoms with Crippen LogP contribution in [0, 0.1) is 0 Å². The minimum atomic E-state index is 0.702. The van der Waals surface area contributed by atoms with Gasteiger partial charge in [-0.1, -0.05) is 23.7 Å². The summed E-state index contributed by atoms with van der Waals surface area (Å²) in [7, 11) is 0. The van der Waals surface area contributed by atoms with E-state index in [1.807, 2.05) is 42.5 Å². The second-order valence-corrected chi connectivity index (χ2v) is 4.21. The van der Waals surface area contributed by atoms with Gasteiger partial charge in [-0.3, -0.25) is 4.98 Å². The zero-order valence-electron chi connectivity index (χ0n) is 8.97. The van der Waals surface area contributed by atoms with Crippen molar-refractivity contribution >= 4 is 22.5 Å². The molecule has 0 N–H and O–H groups in total. The summed E-state index contributed by atoms with van der Waals surface area (Å²) >= 11 is 5.96. The number of halogens is 1. The van der Waals surface area contributed by atoms with Crippen LogP contribution < -0.4 is 0 Å². The van der Waals surface area contributed by atoms with Crippen LogP contribution in [0.1, 0.15) is 0 Å². The Kier molecular flexibility index (Phi) is 2.50. The highest BCUT2D eigenvalue weighted by Crippen LogP contribution is 2.22. The molecule has 82 valence electrons. The van der Waals surface area contributed by atoms with Crippen LogP contribution in [0.5, 0.6) is 0 Å². The monoisotopic (exact) mass is 240 g/mol. The largest absolute Gasteiger partial charge is 0.264 e. The van der Waals surface area contributed by atoms with Crippen LogP contribution in [0.4, 0.5) is 0 Å². The van der Waals surface area contributed by atoms with E-state index < -0.39 is 0 Å². The molecule has 0 aliphatic heterocycles. The average molecular weight is 241 g/mol. The van der Waals surface area contributed by atoms with Gasteiger partial charge in [0.05, 0.1) is 11.2 Å². The number of fused-ring (bicyclic) bond motifs is 1. The summed E-state index contributed by atoms with van der Waals surface area (Å²) in [5.41, 5.74) is 2.82. The van der Waals surface area contributed by atoms with Gasteiger partial charge >= 0.3 is 0 Å². The summed E-state index contributed by atoms with van der Waals surface area (Å²) in [4.78, 5) is 8.67. The lowest BCUT2D eigenvalue weighted by Crippen LogP contribution is -1.85. The minimum Gasteiger partial charge on any atom is -0.264 e. The first kappa shape index (κ1) is 10.2. The molecule has 0 saturated heterocycles. The Balaban J connectivity index is 2.19. The SMILES string of the molecule is Clc1ccc2ccc(-c3cccnc3)nc2c1. The summed E-state index contributed by atoms with van der Waals surface area (Å²) in [6.07, 6.45) is 3.56. The summed E-state index contributed by atoms with van der Waals surface area (Å²) in [5, 5.41) is 1.79. The molecule has 0 radical (unpaired) electrons. The maximum absolute atomic E-state index is 5.96. The number of hydrogen-bond donors (Lipinski definition) is 0. The fraction of sp³-hybridized carbons (Fsp3) is 0. The molecule has 2 aromatic heterocycles.